The number of ether oxygens (including phenoxy) is 1. The first-order chi connectivity index (χ1) is 7.75. The van der Waals surface area contributed by atoms with Crippen molar-refractivity contribution in [3.05, 3.63) is 42.5 Å². The van der Waals surface area contributed by atoms with Crippen LogP contribution in [0.5, 0.6) is 5.75 Å². The molecule has 1 aliphatic rings. The molecule has 0 bridgehead atoms. The van der Waals surface area contributed by atoms with Crippen LogP contribution < -0.4 is 4.74 Å². The highest BCUT2D eigenvalue weighted by Gasteiger charge is 2.21. The fraction of sp³-hybridized carbons (Fsp3) is 0.0714. The van der Waals surface area contributed by atoms with Crippen LogP contribution in [0, 0.1) is 0 Å². The van der Waals surface area contributed by atoms with Crippen molar-refractivity contribution < 1.29 is 9.53 Å². The summed E-state index contributed by atoms with van der Waals surface area (Å²) in [4.78, 5) is 10.9. The molecule has 0 aromatic heterocycles. The molecule has 0 amide bonds. The molecule has 0 fully saturated rings. The van der Waals surface area contributed by atoms with Crippen LogP contribution in [0.3, 0.4) is 0 Å². The van der Waals surface area contributed by atoms with Crippen LogP contribution in [0.2, 0.25) is 0 Å². The second-order valence-corrected chi connectivity index (χ2v) is 3.85. The Kier molecular flexibility index (Phi) is 1.83. The third kappa shape index (κ3) is 1.23. The third-order valence-corrected chi connectivity index (χ3v) is 2.76. The number of hydrogen-bond acceptors (Lipinski definition) is 2. The maximum atomic E-state index is 10.9. The smallest absolute Gasteiger partial charge is 0.308 e. The van der Waals surface area contributed by atoms with Crippen molar-refractivity contribution in [1.82, 2.24) is 0 Å². The molecule has 0 N–H and O–H groups in total. The van der Waals surface area contributed by atoms with Crippen LogP contribution in [0.4, 0.5) is 0 Å². The van der Waals surface area contributed by atoms with E-state index in [2.05, 4.69) is 12.1 Å². The zero-order valence-electron chi connectivity index (χ0n) is 8.86. The molecule has 0 saturated carbocycles. The Morgan fingerprint density at radius 1 is 0.938 bits per heavy atom. The van der Waals surface area contributed by atoms with Crippen molar-refractivity contribution >= 4 is 5.97 Å². The van der Waals surface area contributed by atoms with Gasteiger partial charge in [0, 0.05) is 6.92 Å². The fourth-order valence-electron chi connectivity index (χ4n) is 2.10. The molecule has 0 heterocycles. The number of carbonyl (C=O) groups is 1. The van der Waals surface area contributed by atoms with Crippen molar-refractivity contribution in [2.45, 2.75) is 6.92 Å². The zero-order valence-corrected chi connectivity index (χ0v) is 8.86. The third-order valence-electron chi connectivity index (χ3n) is 2.76. The highest BCUT2D eigenvalue weighted by Crippen LogP contribution is 2.47. The lowest BCUT2D eigenvalue weighted by atomic mass is 9.81. The van der Waals surface area contributed by atoms with E-state index < -0.39 is 0 Å². The summed E-state index contributed by atoms with van der Waals surface area (Å²) in [5.74, 6) is 0.327. The number of fused-ring (bicyclic) bond motifs is 4. The van der Waals surface area contributed by atoms with Crippen LogP contribution in [-0.4, -0.2) is 5.97 Å². The Labute approximate surface area is 93.5 Å². The number of carbonyl (C=O) groups excluding carboxylic acids is 1. The summed E-state index contributed by atoms with van der Waals surface area (Å²) in [5.41, 5.74) is 4.89. The first-order valence-electron chi connectivity index (χ1n) is 5.18. The maximum absolute atomic E-state index is 10.9. The van der Waals surface area contributed by atoms with Gasteiger partial charge in [0.05, 0.1) is 0 Å². The van der Waals surface area contributed by atoms with Crippen molar-refractivity contribution in [2.24, 2.45) is 0 Å². The second-order valence-electron chi connectivity index (χ2n) is 3.85. The molecule has 0 atom stereocenters. The van der Waals surface area contributed by atoms with Gasteiger partial charge in [-0.25, -0.2) is 0 Å². The second kappa shape index (κ2) is 3.20. The van der Waals surface area contributed by atoms with Crippen LogP contribution in [0.1, 0.15) is 6.92 Å². The van der Waals surface area contributed by atoms with Gasteiger partial charge >= 0.3 is 5.97 Å². The molecule has 2 nitrogen and oxygen atoms in total. The van der Waals surface area contributed by atoms with Crippen LogP contribution >= 0.6 is 0 Å². The van der Waals surface area contributed by atoms with Gasteiger partial charge in [-0.1, -0.05) is 30.3 Å². The van der Waals surface area contributed by atoms with E-state index in [1.807, 2.05) is 30.3 Å². The quantitative estimate of drug-likeness (QED) is 0.455. The SMILES string of the molecule is CC(=O)Oc1ccc2c(c1)-c1ccccc1-2. The van der Waals surface area contributed by atoms with Gasteiger partial charge in [-0.3, -0.25) is 4.79 Å². The molecular weight excluding hydrogens is 200 g/mol. The summed E-state index contributed by atoms with van der Waals surface area (Å²) in [5, 5.41) is 0. The minimum Gasteiger partial charge on any atom is -0.427 e. The van der Waals surface area contributed by atoms with Gasteiger partial charge in [0.15, 0.2) is 0 Å². The van der Waals surface area contributed by atoms with E-state index in [-0.39, 0.29) is 5.97 Å². The lowest BCUT2D eigenvalue weighted by Gasteiger charge is -2.23. The predicted octanol–water partition coefficient (Wildman–Crippen LogP) is 3.26. The van der Waals surface area contributed by atoms with Crippen LogP contribution in [-0.2, 0) is 4.79 Å². The Balaban J connectivity index is 2.04. The molecule has 0 aliphatic heterocycles. The number of benzene rings is 2. The molecule has 0 spiro atoms. The minimum absolute atomic E-state index is 0.285. The van der Waals surface area contributed by atoms with E-state index in [1.165, 1.54) is 23.6 Å². The summed E-state index contributed by atoms with van der Waals surface area (Å²) in [6.45, 7) is 1.41. The summed E-state index contributed by atoms with van der Waals surface area (Å²) in [6, 6.07) is 14.0. The summed E-state index contributed by atoms with van der Waals surface area (Å²) in [6.07, 6.45) is 0. The number of hydrogen-bond donors (Lipinski definition) is 0. The lowest BCUT2D eigenvalue weighted by Crippen LogP contribution is -2.03. The number of rotatable bonds is 1. The molecule has 1 aliphatic carbocycles. The topological polar surface area (TPSA) is 26.3 Å². The maximum Gasteiger partial charge on any atom is 0.308 e. The monoisotopic (exact) mass is 210 g/mol. The Morgan fingerprint density at radius 2 is 1.56 bits per heavy atom. The Morgan fingerprint density at radius 3 is 2.25 bits per heavy atom. The molecule has 16 heavy (non-hydrogen) atoms. The summed E-state index contributed by atoms with van der Waals surface area (Å²) < 4.78 is 5.06. The molecule has 0 radical (unpaired) electrons. The van der Waals surface area contributed by atoms with Crippen molar-refractivity contribution in [3.63, 3.8) is 0 Å². The van der Waals surface area contributed by atoms with E-state index in [1.54, 1.807) is 0 Å². The normalized spacial score (nSPS) is 11.1. The molecule has 2 heteroatoms. The molecule has 3 rings (SSSR count). The van der Waals surface area contributed by atoms with Gasteiger partial charge in [-0.05, 0) is 34.4 Å². The van der Waals surface area contributed by atoms with Crippen molar-refractivity contribution in [3.8, 4) is 28.0 Å². The first-order valence-corrected chi connectivity index (χ1v) is 5.18. The van der Waals surface area contributed by atoms with Gasteiger partial charge in [0.25, 0.3) is 0 Å². The highest BCUT2D eigenvalue weighted by molar-refractivity contribution is 6.02. The fourth-order valence-corrected chi connectivity index (χ4v) is 2.10. The molecule has 0 saturated heterocycles. The van der Waals surface area contributed by atoms with Crippen LogP contribution in [0.25, 0.3) is 22.3 Å². The average molecular weight is 210 g/mol. The van der Waals surface area contributed by atoms with E-state index in [0.717, 1.165) is 5.56 Å². The van der Waals surface area contributed by atoms with E-state index in [9.17, 15) is 4.79 Å². The van der Waals surface area contributed by atoms with E-state index in [0.29, 0.717) is 5.75 Å². The summed E-state index contributed by atoms with van der Waals surface area (Å²) >= 11 is 0. The minimum atomic E-state index is -0.285. The highest BCUT2D eigenvalue weighted by atomic mass is 16.5. The molecular formula is C14H10O2. The Bertz CT molecular complexity index is 585. The summed E-state index contributed by atoms with van der Waals surface area (Å²) in [7, 11) is 0. The number of esters is 1. The lowest BCUT2D eigenvalue weighted by molar-refractivity contribution is -0.131. The molecule has 2 aromatic carbocycles. The van der Waals surface area contributed by atoms with Gasteiger partial charge in [0.2, 0.25) is 0 Å². The standard InChI is InChI=1S/C14H10O2/c1-9(15)16-10-6-7-13-11-4-2-3-5-12(11)14(13)8-10/h2-8H,1H3. The van der Waals surface area contributed by atoms with Crippen LogP contribution in [0.15, 0.2) is 42.5 Å². The van der Waals surface area contributed by atoms with Gasteiger partial charge in [-0.2, -0.15) is 0 Å². The van der Waals surface area contributed by atoms with Gasteiger partial charge in [0.1, 0.15) is 5.75 Å². The molecule has 0 unspecified atom stereocenters. The average Bonchev–Trinajstić information content (AvgIpc) is 2.26. The predicted molar refractivity (Wildman–Crippen MR) is 62.2 cm³/mol. The van der Waals surface area contributed by atoms with E-state index >= 15 is 0 Å². The Hall–Kier alpha value is -2.09. The molecule has 2 aromatic rings. The van der Waals surface area contributed by atoms with Crippen molar-refractivity contribution in [2.75, 3.05) is 0 Å². The van der Waals surface area contributed by atoms with Gasteiger partial charge in [-0.15, -0.1) is 0 Å². The largest absolute Gasteiger partial charge is 0.427 e. The molecule has 78 valence electrons. The zero-order chi connectivity index (χ0) is 11.1. The van der Waals surface area contributed by atoms with Crippen molar-refractivity contribution in [1.29, 1.82) is 0 Å². The van der Waals surface area contributed by atoms with Gasteiger partial charge < -0.3 is 4.74 Å². The first kappa shape index (κ1) is 9.16. The van der Waals surface area contributed by atoms with E-state index in [4.69, 9.17) is 4.74 Å².